The van der Waals surface area contributed by atoms with Gasteiger partial charge >= 0.3 is 0 Å². The van der Waals surface area contributed by atoms with Crippen molar-refractivity contribution in [2.45, 2.75) is 26.8 Å². The number of hydrogen-bond acceptors (Lipinski definition) is 4. The van der Waals surface area contributed by atoms with E-state index in [0.717, 1.165) is 22.2 Å². The number of anilines is 2. The molecule has 0 aliphatic carbocycles. The summed E-state index contributed by atoms with van der Waals surface area (Å²) in [6.07, 6.45) is 1.72. The molecule has 0 saturated heterocycles. The third-order valence-corrected chi connectivity index (χ3v) is 3.93. The monoisotopic (exact) mass is 335 g/mol. The Labute approximate surface area is 146 Å². The fourth-order valence-electron chi connectivity index (χ4n) is 2.70. The van der Waals surface area contributed by atoms with E-state index in [0.29, 0.717) is 11.3 Å². The molecule has 0 radical (unpaired) electrons. The SMILES string of the molecule is Cc1ccc(O)cc1Nc1c(C(=O)NC(C)C)ccc2ncccc12. The van der Waals surface area contributed by atoms with Crippen molar-refractivity contribution in [3.63, 3.8) is 0 Å². The van der Waals surface area contributed by atoms with Crippen LogP contribution in [0.2, 0.25) is 0 Å². The van der Waals surface area contributed by atoms with Gasteiger partial charge in [0.1, 0.15) is 5.75 Å². The van der Waals surface area contributed by atoms with Crippen molar-refractivity contribution in [1.29, 1.82) is 0 Å². The summed E-state index contributed by atoms with van der Waals surface area (Å²) >= 11 is 0. The lowest BCUT2D eigenvalue weighted by atomic mass is 10.0. The second-order valence-corrected chi connectivity index (χ2v) is 6.31. The summed E-state index contributed by atoms with van der Waals surface area (Å²) in [5.74, 6) is 0.0145. The summed E-state index contributed by atoms with van der Waals surface area (Å²) in [5, 5.41) is 16.9. The molecule has 0 spiro atoms. The Morgan fingerprint density at radius 2 is 1.96 bits per heavy atom. The number of pyridine rings is 1. The first-order chi connectivity index (χ1) is 12.0. The third-order valence-electron chi connectivity index (χ3n) is 3.93. The molecule has 3 rings (SSSR count). The second kappa shape index (κ2) is 6.81. The van der Waals surface area contributed by atoms with Crippen LogP contribution < -0.4 is 10.6 Å². The average Bonchev–Trinajstić information content (AvgIpc) is 2.57. The minimum Gasteiger partial charge on any atom is -0.508 e. The highest BCUT2D eigenvalue weighted by molar-refractivity contribution is 6.08. The first kappa shape index (κ1) is 16.8. The zero-order valence-corrected chi connectivity index (χ0v) is 14.5. The maximum Gasteiger partial charge on any atom is 0.253 e. The van der Waals surface area contributed by atoms with Crippen LogP contribution in [0, 0.1) is 6.92 Å². The molecule has 5 heteroatoms. The summed E-state index contributed by atoms with van der Waals surface area (Å²) < 4.78 is 0. The van der Waals surface area contributed by atoms with E-state index in [-0.39, 0.29) is 17.7 Å². The number of rotatable bonds is 4. The molecule has 3 aromatic rings. The van der Waals surface area contributed by atoms with E-state index in [2.05, 4.69) is 15.6 Å². The number of hydrogen-bond donors (Lipinski definition) is 3. The molecule has 0 fully saturated rings. The van der Waals surface area contributed by atoms with Crippen LogP contribution in [-0.4, -0.2) is 22.0 Å². The maximum atomic E-state index is 12.6. The van der Waals surface area contributed by atoms with Gasteiger partial charge in [0.15, 0.2) is 0 Å². The lowest BCUT2D eigenvalue weighted by molar-refractivity contribution is 0.0944. The van der Waals surface area contributed by atoms with Gasteiger partial charge in [0, 0.05) is 29.4 Å². The number of aromatic nitrogens is 1. The molecular weight excluding hydrogens is 314 g/mol. The fourth-order valence-corrected chi connectivity index (χ4v) is 2.70. The number of carbonyl (C=O) groups is 1. The zero-order chi connectivity index (χ0) is 18.0. The van der Waals surface area contributed by atoms with Gasteiger partial charge in [0.05, 0.1) is 16.8 Å². The van der Waals surface area contributed by atoms with E-state index in [9.17, 15) is 9.90 Å². The van der Waals surface area contributed by atoms with Crippen LogP contribution in [0.5, 0.6) is 5.75 Å². The lowest BCUT2D eigenvalue weighted by Gasteiger charge is -2.17. The molecule has 0 aliphatic rings. The second-order valence-electron chi connectivity index (χ2n) is 6.31. The van der Waals surface area contributed by atoms with E-state index in [1.807, 2.05) is 45.0 Å². The Hall–Kier alpha value is -3.08. The van der Waals surface area contributed by atoms with Gasteiger partial charge < -0.3 is 15.7 Å². The number of nitrogens with one attached hydrogen (secondary N) is 2. The summed E-state index contributed by atoms with van der Waals surface area (Å²) in [5.41, 5.74) is 3.72. The Morgan fingerprint density at radius 3 is 2.72 bits per heavy atom. The lowest BCUT2D eigenvalue weighted by Crippen LogP contribution is -2.30. The highest BCUT2D eigenvalue weighted by Crippen LogP contribution is 2.32. The number of amides is 1. The zero-order valence-electron chi connectivity index (χ0n) is 14.5. The Bertz CT molecular complexity index is 935. The van der Waals surface area contributed by atoms with Crippen LogP contribution >= 0.6 is 0 Å². The number of aromatic hydroxyl groups is 1. The minimum atomic E-state index is -0.152. The minimum absolute atomic E-state index is 0.0347. The highest BCUT2D eigenvalue weighted by Gasteiger charge is 2.16. The average molecular weight is 335 g/mol. The van der Waals surface area contributed by atoms with Crippen molar-refractivity contribution in [1.82, 2.24) is 10.3 Å². The summed E-state index contributed by atoms with van der Waals surface area (Å²) in [6, 6.07) is 12.5. The summed E-state index contributed by atoms with van der Waals surface area (Å²) in [7, 11) is 0. The Balaban J connectivity index is 2.15. The molecule has 3 N–H and O–H groups in total. The maximum absolute atomic E-state index is 12.6. The molecule has 128 valence electrons. The van der Waals surface area contributed by atoms with Crippen LogP contribution in [-0.2, 0) is 0 Å². The third kappa shape index (κ3) is 3.55. The molecule has 1 aromatic heterocycles. The van der Waals surface area contributed by atoms with E-state index >= 15 is 0 Å². The van der Waals surface area contributed by atoms with Gasteiger partial charge in [-0.1, -0.05) is 6.07 Å². The summed E-state index contributed by atoms with van der Waals surface area (Å²) in [4.78, 5) is 17.0. The molecule has 1 amide bonds. The van der Waals surface area contributed by atoms with Gasteiger partial charge in [-0.2, -0.15) is 0 Å². The smallest absolute Gasteiger partial charge is 0.253 e. The van der Waals surface area contributed by atoms with E-state index in [4.69, 9.17) is 0 Å². The Morgan fingerprint density at radius 1 is 1.16 bits per heavy atom. The predicted molar refractivity (Wildman–Crippen MR) is 100 cm³/mol. The van der Waals surface area contributed by atoms with Crippen molar-refractivity contribution in [2.24, 2.45) is 0 Å². The van der Waals surface area contributed by atoms with Crippen LogP contribution in [0.1, 0.15) is 29.8 Å². The number of carbonyl (C=O) groups excluding carboxylic acids is 1. The Kier molecular flexibility index (Phi) is 4.57. The molecule has 0 unspecified atom stereocenters. The van der Waals surface area contributed by atoms with Gasteiger partial charge in [-0.3, -0.25) is 9.78 Å². The number of fused-ring (bicyclic) bond motifs is 1. The number of benzene rings is 2. The quantitative estimate of drug-likeness (QED) is 0.670. The van der Waals surface area contributed by atoms with Crippen molar-refractivity contribution >= 4 is 28.2 Å². The molecular formula is C20H21N3O2. The largest absolute Gasteiger partial charge is 0.508 e. The standard InChI is InChI=1S/C20H21N3O2/c1-12(2)22-20(25)16-8-9-17-15(5-4-10-21-17)19(16)23-18-11-14(24)7-6-13(18)3/h4-12,23-24H,1-3H3,(H,22,25). The van der Waals surface area contributed by atoms with Crippen LogP contribution in [0.4, 0.5) is 11.4 Å². The van der Waals surface area contributed by atoms with Gasteiger partial charge in [0.2, 0.25) is 0 Å². The molecule has 1 heterocycles. The normalized spacial score (nSPS) is 10.9. The van der Waals surface area contributed by atoms with Gasteiger partial charge in [-0.15, -0.1) is 0 Å². The topological polar surface area (TPSA) is 74.2 Å². The highest BCUT2D eigenvalue weighted by atomic mass is 16.3. The predicted octanol–water partition coefficient (Wildman–Crippen LogP) is 4.13. The number of aryl methyl sites for hydroxylation is 1. The summed E-state index contributed by atoms with van der Waals surface area (Å²) in [6.45, 7) is 5.79. The molecule has 0 aliphatic heterocycles. The fraction of sp³-hybridized carbons (Fsp3) is 0.200. The molecule has 2 aromatic carbocycles. The number of phenolic OH excluding ortho intramolecular Hbond substituents is 1. The first-order valence-corrected chi connectivity index (χ1v) is 8.21. The van der Waals surface area contributed by atoms with Crippen molar-refractivity contribution in [2.75, 3.05) is 5.32 Å². The van der Waals surface area contributed by atoms with Crippen molar-refractivity contribution < 1.29 is 9.90 Å². The van der Waals surface area contributed by atoms with E-state index < -0.39 is 0 Å². The van der Waals surface area contributed by atoms with Crippen LogP contribution in [0.25, 0.3) is 10.9 Å². The molecule has 5 nitrogen and oxygen atoms in total. The molecule has 0 atom stereocenters. The number of nitrogens with zero attached hydrogens (tertiary/aromatic N) is 1. The van der Waals surface area contributed by atoms with Crippen LogP contribution in [0.15, 0.2) is 48.7 Å². The molecule has 25 heavy (non-hydrogen) atoms. The van der Waals surface area contributed by atoms with Gasteiger partial charge in [0.25, 0.3) is 5.91 Å². The van der Waals surface area contributed by atoms with Crippen molar-refractivity contribution in [3.05, 3.63) is 59.8 Å². The number of phenols is 1. The first-order valence-electron chi connectivity index (χ1n) is 8.21. The van der Waals surface area contributed by atoms with Gasteiger partial charge in [-0.05, 0) is 56.7 Å². The van der Waals surface area contributed by atoms with E-state index in [1.165, 1.54) is 0 Å². The van der Waals surface area contributed by atoms with Gasteiger partial charge in [-0.25, -0.2) is 0 Å². The van der Waals surface area contributed by atoms with E-state index in [1.54, 1.807) is 24.4 Å². The van der Waals surface area contributed by atoms with Crippen LogP contribution in [0.3, 0.4) is 0 Å². The van der Waals surface area contributed by atoms with Crippen molar-refractivity contribution in [3.8, 4) is 5.75 Å². The molecule has 0 saturated carbocycles. The molecule has 0 bridgehead atoms.